The Bertz CT molecular complexity index is 597. The molecule has 0 aliphatic heterocycles. The second-order valence-corrected chi connectivity index (χ2v) is 11.3. The molecule has 0 aliphatic rings. The summed E-state index contributed by atoms with van der Waals surface area (Å²) in [5.41, 5.74) is 2.01. The lowest BCUT2D eigenvalue weighted by molar-refractivity contribution is -0.144. The fourth-order valence-corrected chi connectivity index (χ4v) is 3.45. The average molecular weight is 298 g/mol. The molecule has 2 aromatic carbocycles. The third-order valence-electron chi connectivity index (χ3n) is 3.47. The van der Waals surface area contributed by atoms with Gasteiger partial charge in [0.1, 0.15) is 0 Å². The fourth-order valence-electron chi connectivity index (χ4n) is 2.28. The lowest BCUT2D eigenvalue weighted by Gasteiger charge is -2.21. The Morgan fingerprint density at radius 2 is 1.43 bits per heavy atom. The van der Waals surface area contributed by atoms with E-state index in [1.54, 1.807) is 0 Å². The highest BCUT2D eigenvalue weighted by Gasteiger charge is 2.20. The molecule has 2 aromatic rings. The highest BCUT2D eigenvalue weighted by Crippen LogP contribution is 2.25. The highest BCUT2D eigenvalue weighted by molar-refractivity contribution is 6.88. The van der Waals surface area contributed by atoms with Crippen molar-refractivity contribution in [2.75, 3.05) is 0 Å². The van der Waals surface area contributed by atoms with Gasteiger partial charge in [-0.3, -0.25) is 4.79 Å². The Morgan fingerprint density at radius 3 is 1.90 bits per heavy atom. The van der Waals surface area contributed by atoms with Gasteiger partial charge in [-0.1, -0.05) is 79.4 Å². The summed E-state index contributed by atoms with van der Waals surface area (Å²) in [6.45, 7) is 8.42. The van der Waals surface area contributed by atoms with Crippen molar-refractivity contribution in [2.45, 2.75) is 32.7 Å². The number of rotatable bonds is 4. The molecular weight excluding hydrogens is 276 g/mol. The summed E-state index contributed by atoms with van der Waals surface area (Å²) in [4.78, 5) is 11.4. The van der Waals surface area contributed by atoms with E-state index < -0.39 is 8.07 Å². The van der Waals surface area contributed by atoms with Crippen LogP contribution in [0.2, 0.25) is 19.6 Å². The van der Waals surface area contributed by atoms with Gasteiger partial charge < -0.3 is 4.74 Å². The molecule has 0 heterocycles. The van der Waals surface area contributed by atoms with Gasteiger partial charge in [0.2, 0.25) is 0 Å². The van der Waals surface area contributed by atoms with Crippen LogP contribution in [0.15, 0.2) is 54.6 Å². The van der Waals surface area contributed by atoms with Crippen LogP contribution in [0, 0.1) is 0 Å². The zero-order valence-electron chi connectivity index (χ0n) is 13.1. The third kappa shape index (κ3) is 4.05. The molecule has 3 heteroatoms. The second-order valence-electron chi connectivity index (χ2n) is 6.27. The minimum Gasteiger partial charge on any atom is -0.453 e. The van der Waals surface area contributed by atoms with Crippen molar-refractivity contribution in [3.05, 3.63) is 65.7 Å². The van der Waals surface area contributed by atoms with Crippen LogP contribution >= 0.6 is 0 Å². The van der Waals surface area contributed by atoms with Crippen LogP contribution in [0.1, 0.15) is 24.2 Å². The molecule has 0 aromatic heterocycles. The monoisotopic (exact) mass is 298 g/mol. The summed E-state index contributed by atoms with van der Waals surface area (Å²) in [5.74, 6) is -0.266. The first-order valence-corrected chi connectivity index (χ1v) is 10.7. The van der Waals surface area contributed by atoms with E-state index in [2.05, 4.69) is 43.9 Å². The zero-order valence-corrected chi connectivity index (χ0v) is 14.1. The zero-order chi connectivity index (χ0) is 15.5. The van der Waals surface area contributed by atoms with E-state index in [1.807, 2.05) is 30.3 Å². The maximum Gasteiger partial charge on any atom is 0.303 e. The average Bonchev–Trinajstić information content (AvgIpc) is 2.45. The topological polar surface area (TPSA) is 26.3 Å². The predicted molar refractivity (Wildman–Crippen MR) is 89.5 cm³/mol. The van der Waals surface area contributed by atoms with Crippen LogP contribution < -0.4 is 5.19 Å². The molecule has 0 bridgehead atoms. The maximum atomic E-state index is 11.4. The van der Waals surface area contributed by atoms with Gasteiger partial charge in [0.05, 0.1) is 8.07 Å². The molecule has 2 nitrogen and oxygen atoms in total. The minimum atomic E-state index is -1.31. The van der Waals surface area contributed by atoms with Crippen molar-refractivity contribution in [1.29, 1.82) is 0 Å². The van der Waals surface area contributed by atoms with Gasteiger partial charge in [-0.2, -0.15) is 0 Å². The Labute approximate surface area is 127 Å². The summed E-state index contributed by atoms with van der Waals surface area (Å²) < 4.78 is 5.52. The highest BCUT2D eigenvalue weighted by atomic mass is 28.3. The van der Waals surface area contributed by atoms with E-state index in [-0.39, 0.29) is 12.1 Å². The minimum absolute atomic E-state index is 0.266. The van der Waals surface area contributed by atoms with Crippen LogP contribution in [-0.2, 0) is 9.53 Å². The quantitative estimate of drug-likeness (QED) is 0.632. The van der Waals surface area contributed by atoms with Gasteiger partial charge in [-0.05, 0) is 11.1 Å². The van der Waals surface area contributed by atoms with E-state index in [0.29, 0.717) is 0 Å². The predicted octanol–water partition coefficient (Wildman–Crippen LogP) is 3.88. The van der Waals surface area contributed by atoms with E-state index >= 15 is 0 Å². The van der Waals surface area contributed by atoms with Crippen LogP contribution in [0.3, 0.4) is 0 Å². The van der Waals surface area contributed by atoms with Crippen LogP contribution in [0.4, 0.5) is 0 Å². The van der Waals surface area contributed by atoms with Gasteiger partial charge in [0, 0.05) is 6.92 Å². The lowest BCUT2D eigenvalue weighted by atomic mass is 10.0. The van der Waals surface area contributed by atoms with Gasteiger partial charge in [-0.25, -0.2) is 0 Å². The number of carbonyl (C=O) groups is 1. The number of hydrogen-bond acceptors (Lipinski definition) is 2. The molecule has 2 rings (SSSR count). The number of hydrogen-bond donors (Lipinski definition) is 0. The number of esters is 1. The van der Waals surface area contributed by atoms with E-state index in [9.17, 15) is 4.79 Å². The molecule has 0 saturated heterocycles. The number of carbonyl (C=O) groups excluding carboxylic acids is 1. The second kappa shape index (κ2) is 6.27. The summed E-state index contributed by atoms with van der Waals surface area (Å²) in [6, 6.07) is 18.3. The molecule has 0 fully saturated rings. The smallest absolute Gasteiger partial charge is 0.303 e. The van der Waals surface area contributed by atoms with Crippen molar-refractivity contribution in [1.82, 2.24) is 0 Å². The van der Waals surface area contributed by atoms with Crippen molar-refractivity contribution in [3.63, 3.8) is 0 Å². The van der Waals surface area contributed by atoms with Crippen molar-refractivity contribution in [3.8, 4) is 0 Å². The number of benzene rings is 2. The molecule has 0 spiro atoms. The lowest BCUT2D eigenvalue weighted by Crippen LogP contribution is -2.37. The normalized spacial score (nSPS) is 12.8. The molecule has 0 radical (unpaired) electrons. The van der Waals surface area contributed by atoms with Gasteiger partial charge in [-0.15, -0.1) is 0 Å². The van der Waals surface area contributed by atoms with Gasteiger partial charge in [0.25, 0.3) is 0 Å². The van der Waals surface area contributed by atoms with Crippen LogP contribution in [0.25, 0.3) is 0 Å². The first-order valence-electron chi connectivity index (χ1n) is 7.20. The first-order chi connectivity index (χ1) is 9.88. The molecule has 0 unspecified atom stereocenters. The molecule has 110 valence electrons. The van der Waals surface area contributed by atoms with Crippen molar-refractivity contribution in [2.24, 2.45) is 0 Å². The Balaban J connectivity index is 2.36. The van der Waals surface area contributed by atoms with Crippen molar-refractivity contribution < 1.29 is 9.53 Å². The molecular formula is C18H22O2Si. The summed E-state index contributed by atoms with van der Waals surface area (Å²) >= 11 is 0. The molecule has 1 atom stereocenters. The molecule has 0 amide bonds. The summed E-state index contributed by atoms with van der Waals surface area (Å²) in [6.07, 6.45) is -0.334. The summed E-state index contributed by atoms with van der Waals surface area (Å²) in [5, 5.41) is 1.40. The van der Waals surface area contributed by atoms with E-state index in [0.717, 1.165) is 11.1 Å². The largest absolute Gasteiger partial charge is 0.453 e. The Morgan fingerprint density at radius 1 is 0.905 bits per heavy atom. The molecule has 21 heavy (non-hydrogen) atoms. The Kier molecular flexibility index (Phi) is 4.63. The Hall–Kier alpha value is -1.87. The van der Waals surface area contributed by atoms with E-state index in [4.69, 9.17) is 4.74 Å². The van der Waals surface area contributed by atoms with Gasteiger partial charge >= 0.3 is 5.97 Å². The maximum absolute atomic E-state index is 11.4. The fraction of sp³-hybridized carbons (Fsp3) is 0.278. The SMILES string of the molecule is CC(=O)O[C@H](c1ccccc1)c1ccc([Si](C)(C)C)cc1. The standard InChI is InChI=1S/C18H22O2Si/c1-14(19)20-18(15-8-6-5-7-9-15)16-10-12-17(13-11-16)21(2,3)4/h5-13,18H,1-4H3/t18-/m1/s1. The van der Waals surface area contributed by atoms with Crippen LogP contribution in [-0.4, -0.2) is 14.0 Å². The van der Waals surface area contributed by atoms with Crippen LogP contribution in [0.5, 0.6) is 0 Å². The van der Waals surface area contributed by atoms with E-state index in [1.165, 1.54) is 12.1 Å². The third-order valence-corrected chi connectivity index (χ3v) is 5.53. The molecule has 0 N–H and O–H groups in total. The number of ether oxygens (including phenoxy) is 1. The van der Waals surface area contributed by atoms with Crippen molar-refractivity contribution >= 4 is 19.2 Å². The summed E-state index contributed by atoms with van der Waals surface area (Å²) in [7, 11) is -1.31. The molecule has 0 saturated carbocycles. The first kappa shape index (κ1) is 15.5. The van der Waals surface area contributed by atoms with Gasteiger partial charge in [0.15, 0.2) is 6.10 Å². The molecule has 0 aliphatic carbocycles.